The number of rotatable bonds is 12. The topological polar surface area (TPSA) is 169 Å². The highest BCUT2D eigenvalue weighted by Crippen LogP contribution is 2.16. The van der Waals surface area contributed by atoms with Gasteiger partial charge >= 0.3 is 11.9 Å². The number of ether oxygens (including phenoxy) is 2. The van der Waals surface area contributed by atoms with Crippen LogP contribution in [0.4, 0.5) is 22.7 Å². The molecule has 37 heavy (non-hydrogen) atoms. The molecule has 0 spiro atoms. The van der Waals surface area contributed by atoms with Crippen molar-refractivity contribution in [2.24, 2.45) is 0 Å². The van der Waals surface area contributed by atoms with Crippen molar-refractivity contribution in [3.8, 4) is 0 Å². The molecule has 0 fully saturated rings. The number of carbonyl (C=O) groups excluding carboxylic acids is 6. The van der Waals surface area contributed by atoms with Crippen LogP contribution in [0.1, 0.15) is 33.1 Å². The third-order valence-electron chi connectivity index (χ3n) is 4.45. The first kappa shape index (κ1) is 28.5. The second kappa shape index (κ2) is 14.6. The van der Waals surface area contributed by atoms with E-state index in [4.69, 9.17) is 9.47 Å². The molecule has 2 aromatic carbocycles. The number of benzene rings is 2. The van der Waals surface area contributed by atoms with E-state index in [2.05, 4.69) is 21.3 Å². The van der Waals surface area contributed by atoms with Crippen molar-refractivity contribution in [2.75, 3.05) is 34.5 Å². The molecule has 0 aliphatic heterocycles. The number of anilines is 4. The Bertz CT molecular complexity index is 1040. The molecule has 2 aromatic rings. The summed E-state index contributed by atoms with van der Waals surface area (Å²) in [6.07, 6.45) is -1.27. The molecule has 0 atom stereocenters. The van der Waals surface area contributed by atoms with Crippen LogP contribution in [0, 0.1) is 0 Å². The molecule has 0 saturated heterocycles. The minimum Gasteiger partial charge on any atom is -0.466 e. The van der Waals surface area contributed by atoms with E-state index >= 15 is 0 Å². The molecular formula is C25H28N4O8. The van der Waals surface area contributed by atoms with Crippen LogP contribution < -0.4 is 21.3 Å². The van der Waals surface area contributed by atoms with Gasteiger partial charge in [0, 0.05) is 22.7 Å². The lowest BCUT2D eigenvalue weighted by Crippen LogP contribution is -2.21. The van der Waals surface area contributed by atoms with Crippen LogP contribution in [0.25, 0.3) is 0 Å². The molecule has 196 valence electrons. The number of hydrogen-bond acceptors (Lipinski definition) is 8. The Morgan fingerprint density at radius 3 is 0.973 bits per heavy atom. The summed E-state index contributed by atoms with van der Waals surface area (Å²) in [5.41, 5.74) is 1.66. The van der Waals surface area contributed by atoms with Crippen molar-refractivity contribution < 1.29 is 38.2 Å². The van der Waals surface area contributed by atoms with Gasteiger partial charge in [-0.15, -0.1) is 0 Å². The van der Waals surface area contributed by atoms with Gasteiger partial charge in [-0.2, -0.15) is 0 Å². The largest absolute Gasteiger partial charge is 0.466 e. The van der Waals surface area contributed by atoms with Gasteiger partial charge in [0.1, 0.15) is 19.3 Å². The van der Waals surface area contributed by atoms with Crippen LogP contribution in [0.2, 0.25) is 0 Å². The molecule has 0 aliphatic rings. The second-order valence-electron chi connectivity index (χ2n) is 7.49. The lowest BCUT2D eigenvalue weighted by atomic mass is 10.2. The quantitative estimate of drug-likeness (QED) is 0.248. The van der Waals surface area contributed by atoms with E-state index in [1.165, 1.54) is 48.5 Å². The van der Waals surface area contributed by atoms with Crippen LogP contribution in [0.5, 0.6) is 0 Å². The van der Waals surface area contributed by atoms with E-state index in [9.17, 15) is 28.8 Å². The van der Waals surface area contributed by atoms with Gasteiger partial charge in [0.15, 0.2) is 0 Å². The van der Waals surface area contributed by atoms with E-state index in [0.29, 0.717) is 22.7 Å². The highest BCUT2D eigenvalue weighted by Gasteiger charge is 2.13. The maximum Gasteiger partial charge on any atom is 0.315 e. The third kappa shape index (κ3) is 11.0. The van der Waals surface area contributed by atoms with Crippen molar-refractivity contribution in [2.45, 2.75) is 33.1 Å². The fraction of sp³-hybridized carbons (Fsp3) is 0.280. The molecule has 0 radical (unpaired) electrons. The van der Waals surface area contributed by atoms with Crippen molar-refractivity contribution in [3.63, 3.8) is 0 Å². The molecular weight excluding hydrogens is 484 g/mol. The van der Waals surface area contributed by atoms with Gasteiger partial charge in [-0.25, -0.2) is 0 Å². The van der Waals surface area contributed by atoms with Crippen LogP contribution in [0.15, 0.2) is 48.5 Å². The molecule has 0 saturated carbocycles. The number of esters is 2. The zero-order chi connectivity index (χ0) is 27.2. The van der Waals surface area contributed by atoms with E-state index in [-0.39, 0.29) is 13.2 Å². The molecule has 12 heteroatoms. The van der Waals surface area contributed by atoms with Crippen molar-refractivity contribution in [3.05, 3.63) is 48.5 Å². The van der Waals surface area contributed by atoms with E-state index in [1.807, 2.05) is 0 Å². The number of nitrogens with one attached hydrogen (secondary N) is 4. The van der Waals surface area contributed by atoms with Crippen molar-refractivity contribution in [1.82, 2.24) is 0 Å². The van der Waals surface area contributed by atoms with E-state index in [0.717, 1.165) is 0 Å². The maximum absolute atomic E-state index is 12.2. The Balaban J connectivity index is 1.77. The SMILES string of the molecule is CCOC(=O)CC(=O)Nc1ccc(NC(=O)CC(=O)Nc2ccc(NC(=O)CC(=O)OCC)cc2)cc1. The Morgan fingerprint density at radius 1 is 0.486 bits per heavy atom. The molecule has 0 aromatic heterocycles. The molecule has 0 aliphatic carbocycles. The van der Waals surface area contributed by atoms with Gasteiger partial charge in [-0.1, -0.05) is 0 Å². The number of amides is 4. The van der Waals surface area contributed by atoms with E-state index in [1.54, 1.807) is 13.8 Å². The number of carbonyl (C=O) groups is 6. The van der Waals surface area contributed by atoms with Gasteiger partial charge in [-0.05, 0) is 62.4 Å². The van der Waals surface area contributed by atoms with Gasteiger partial charge in [0.05, 0.1) is 13.2 Å². The molecule has 2 rings (SSSR count). The standard InChI is InChI=1S/C25H28N4O8/c1-3-36-24(34)14-22(32)28-18-9-5-16(6-10-18)26-20(30)13-21(31)27-17-7-11-19(12-8-17)29-23(33)15-25(35)37-4-2/h5-12H,3-4,13-15H2,1-2H3,(H,26,30)(H,27,31)(H,28,32)(H,29,33). The molecule has 0 bridgehead atoms. The fourth-order valence-electron chi connectivity index (χ4n) is 2.93. The minimum absolute atomic E-state index is 0.185. The Morgan fingerprint density at radius 2 is 0.730 bits per heavy atom. The highest BCUT2D eigenvalue weighted by molar-refractivity contribution is 6.08. The molecule has 0 unspecified atom stereocenters. The first-order chi connectivity index (χ1) is 17.7. The van der Waals surface area contributed by atoms with Crippen LogP contribution in [0.3, 0.4) is 0 Å². The first-order valence-electron chi connectivity index (χ1n) is 11.4. The smallest absolute Gasteiger partial charge is 0.315 e. The van der Waals surface area contributed by atoms with Crippen LogP contribution in [-0.4, -0.2) is 48.8 Å². The zero-order valence-electron chi connectivity index (χ0n) is 20.4. The van der Waals surface area contributed by atoms with Crippen molar-refractivity contribution in [1.29, 1.82) is 0 Å². The van der Waals surface area contributed by atoms with Gasteiger partial charge < -0.3 is 30.7 Å². The average Bonchev–Trinajstić information content (AvgIpc) is 2.81. The van der Waals surface area contributed by atoms with Crippen molar-refractivity contribution >= 4 is 58.3 Å². The summed E-state index contributed by atoms with van der Waals surface area (Å²) < 4.78 is 9.42. The lowest BCUT2D eigenvalue weighted by Gasteiger charge is -2.09. The summed E-state index contributed by atoms with van der Waals surface area (Å²) in [7, 11) is 0. The fourth-order valence-corrected chi connectivity index (χ4v) is 2.93. The first-order valence-corrected chi connectivity index (χ1v) is 11.4. The molecule has 0 heterocycles. The molecule has 4 N–H and O–H groups in total. The third-order valence-corrected chi connectivity index (χ3v) is 4.45. The van der Waals surface area contributed by atoms with Crippen LogP contribution >= 0.6 is 0 Å². The summed E-state index contributed by atoms with van der Waals surface area (Å²) in [4.78, 5) is 70.6. The Labute approximate surface area is 213 Å². The zero-order valence-corrected chi connectivity index (χ0v) is 20.4. The average molecular weight is 513 g/mol. The molecule has 12 nitrogen and oxygen atoms in total. The summed E-state index contributed by atoms with van der Waals surface area (Å²) in [6, 6.07) is 12.3. The highest BCUT2D eigenvalue weighted by atomic mass is 16.5. The van der Waals surface area contributed by atoms with Gasteiger partial charge in [0.25, 0.3) is 0 Å². The predicted molar refractivity (Wildman–Crippen MR) is 135 cm³/mol. The lowest BCUT2D eigenvalue weighted by molar-refractivity contribution is -0.146. The maximum atomic E-state index is 12.2. The normalized spacial score (nSPS) is 10.0. The summed E-state index contributed by atoms with van der Waals surface area (Å²) in [5, 5.41) is 10.2. The van der Waals surface area contributed by atoms with Gasteiger partial charge in [-0.3, -0.25) is 28.8 Å². The second-order valence-corrected chi connectivity index (χ2v) is 7.49. The Hall–Kier alpha value is -4.74. The summed E-state index contributed by atoms with van der Waals surface area (Å²) in [5.74, 6) is -3.43. The predicted octanol–water partition coefficient (Wildman–Crippen LogP) is 2.44. The summed E-state index contributed by atoms with van der Waals surface area (Å²) >= 11 is 0. The minimum atomic E-state index is -0.629. The van der Waals surface area contributed by atoms with Crippen LogP contribution in [-0.2, 0) is 38.2 Å². The number of hydrogen-bond donors (Lipinski definition) is 4. The summed E-state index contributed by atoms with van der Waals surface area (Å²) in [6.45, 7) is 3.66. The monoisotopic (exact) mass is 512 g/mol. The van der Waals surface area contributed by atoms with E-state index < -0.39 is 54.8 Å². The molecule has 4 amide bonds. The Kier molecular flexibility index (Phi) is 11.3. The van der Waals surface area contributed by atoms with Gasteiger partial charge in [0.2, 0.25) is 23.6 Å².